The highest BCUT2D eigenvalue weighted by Gasteiger charge is 2.15. The Morgan fingerprint density at radius 1 is 0.588 bits per heavy atom. The molecule has 4 aromatic carbocycles. The smallest absolute Gasteiger partial charge is 0.0880 e. The summed E-state index contributed by atoms with van der Waals surface area (Å²) in [4.78, 5) is 0. The predicted octanol–water partition coefficient (Wildman–Crippen LogP) is 7.03. The van der Waals surface area contributed by atoms with Crippen LogP contribution in [0.25, 0.3) is 27.9 Å². The molecule has 4 heteroatoms. The van der Waals surface area contributed by atoms with Gasteiger partial charge in [0.05, 0.1) is 23.3 Å². The van der Waals surface area contributed by atoms with Gasteiger partial charge in [0, 0.05) is 12.1 Å². The molecule has 0 radical (unpaired) electrons. The fraction of sp³-hybridized carbons (Fsp3) is 0.0333. The van der Waals surface area contributed by atoms with Crippen molar-refractivity contribution in [3.63, 3.8) is 0 Å². The van der Waals surface area contributed by atoms with Crippen LogP contribution in [0.5, 0.6) is 0 Å². The molecule has 0 bridgehead atoms. The topological polar surface area (TPSA) is 65.5 Å². The van der Waals surface area contributed by atoms with Crippen LogP contribution in [0.15, 0.2) is 121 Å². The third-order valence-electron chi connectivity index (χ3n) is 5.80. The standard InChI is InChI=1S/C30H24N4/c31-28(24-14-8-3-9-15-24)21-29(32)30-16-17-33-34(30)27-19-25(22-10-4-1-5-11-22)18-26(20-27)23-12-6-2-7-13-23/h1-20,31-32H,21H2. The molecule has 1 heterocycles. The van der Waals surface area contributed by atoms with Crippen molar-refractivity contribution in [1.82, 2.24) is 9.78 Å². The van der Waals surface area contributed by atoms with Gasteiger partial charge in [-0.05, 0) is 52.1 Å². The van der Waals surface area contributed by atoms with E-state index in [1.807, 2.05) is 72.8 Å². The second-order valence-electron chi connectivity index (χ2n) is 8.13. The maximum absolute atomic E-state index is 8.75. The molecule has 5 aromatic rings. The second kappa shape index (κ2) is 9.51. The number of rotatable bonds is 7. The third-order valence-corrected chi connectivity index (χ3v) is 5.80. The van der Waals surface area contributed by atoms with E-state index in [1.54, 1.807) is 10.9 Å². The van der Waals surface area contributed by atoms with Gasteiger partial charge in [-0.2, -0.15) is 5.10 Å². The molecule has 34 heavy (non-hydrogen) atoms. The molecule has 0 aliphatic heterocycles. The average Bonchev–Trinajstić information content (AvgIpc) is 3.40. The van der Waals surface area contributed by atoms with Crippen molar-refractivity contribution in [1.29, 1.82) is 10.8 Å². The summed E-state index contributed by atoms with van der Waals surface area (Å²) in [5.74, 6) is 0. The van der Waals surface area contributed by atoms with E-state index in [2.05, 4.69) is 47.6 Å². The van der Waals surface area contributed by atoms with Crippen LogP contribution in [0.4, 0.5) is 0 Å². The molecule has 2 N–H and O–H groups in total. The molecule has 0 amide bonds. The van der Waals surface area contributed by atoms with Gasteiger partial charge in [0.1, 0.15) is 0 Å². The molecule has 0 saturated carbocycles. The minimum absolute atomic E-state index is 0.236. The molecule has 0 spiro atoms. The number of benzene rings is 4. The Morgan fingerprint density at radius 3 is 1.68 bits per heavy atom. The lowest BCUT2D eigenvalue weighted by Gasteiger charge is -2.14. The van der Waals surface area contributed by atoms with Crippen LogP contribution in [0.3, 0.4) is 0 Å². The normalized spacial score (nSPS) is 10.7. The summed E-state index contributed by atoms with van der Waals surface area (Å²) in [6.45, 7) is 0. The largest absolute Gasteiger partial charge is 0.304 e. The Bertz CT molecular complexity index is 1380. The van der Waals surface area contributed by atoms with E-state index in [9.17, 15) is 0 Å². The van der Waals surface area contributed by atoms with Crippen LogP contribution < -0.4 is 0 Å². The maximum atomic E-state index is 8.75. The zero-order valence-electron chi connectivity index (χ0n) is 18.6. The van der Waals surface area contributed by atoms with Gasteiger partial charge in [-0.15, -0.1) is 0 Å². The lowest BCUT2D eigenvalue weighted by atomic mass is 9.98. The first kappa shape index (κ1) is 21.3. The van der Waals surface area contributed by atoms with Crippen LogP contribution in [0, 0.1) is 10.8 Å². The van der Waals surface area contributed by atoms with Crippen LogP contribution in [0.2, 0.25) is 0 Å². The second-order valence-corrected chi connectivity index (χ2v) is 8.13. The monoisotopic (exact) mass is 440 g/mol. The number of nitrogens with zero attached hydrogens (tertiary/aromatic N) is 2. The quantitative estimate of drug-likeness (QED) is 0.262. The molecule has 0 aliphatic rings. The van der Waals surface area contributed by atoms with Gasteiger partial charge in [-0.25, -0.2) is 4.68 Å². The molecule has 0 aliphatic carbocycles. The van der Waals surface area contributed by atoms with Crippen molar-refractivity contribution >= 4 is 11.4 Å². The van der Waals surface area contributed by atoms with Gasteiger partial charge in [-0.3, -0.25) is 0 Å². The van der Waals surface area contributed by atoms with E-state index < -0.39 is 0 Å². The van der Waals surface area contributed by atoms with Crippen molar-refractivity contribution < 1.29 is 0 Å². The van der Waals surface area contributed by atoms with E-state index in [1.165, 1.54) is 0 Å². The Kier molecular flexibility index (Phi) is 5.95. The van der Waals surface area contributed by atoms with Crippen LogP contribution in [-0.2, 0) is 0 Å². The Morgan fingerprint density at radius 2 is 1.12 bits per heavy atom. The molecule has 0 unspecified atom stereocenters. The Labute approximate surface area is 199 Å². The van der Waals surface area contributed by atoms with Gasteiger partial charge < -0.3 is 10.8 Å². The number of hydrogen-bond donors (Lipinski definition) is 2. The molecule has 0 saturated heterocycles. The maximum Gasteiger partial charge on any atom is 0.0880 e. The minimum Gasteiger partial charge on any atom is -0.304 e. The van der Waals surface area contributed by atoms with Gasteiger partial charge >= 0.3 is 0 Å². The number of nitrogens with one attached hydrogen (secondary N) is 2. The summed E-state index contributed by atoms with van der Waals surface area (Å²) in [5, 5.41) is 21.8. The van der Waals surface area contributed by atoms with Gasteiger partial charge in [0.2, 0.25) is 0 Å². The molecular weight excluding hydrogens is 416 g/mol. The van der Waals surface area contributed by atoms with Crippen molar-refractivity contribution in [3.8, 4) is 27.9 Å². The fourth-order valence-corrected chi connectivity index (χ4v) is 4.07. The van der Waals surface area contributed by atoms with Crippen molar-refractivity contribution in [2.45, 2.75) is 6.42 Å². The molecule has 0 atom stereocenters. The lowest BCUT2D eigenvalue weighted by molar-refractivity contribution is 0.869. The fourth-order valence-electron chi connectivity index (χ4n) is 4.07. The summed E-state index contributed by atoms with van der Waals surface area (Å²) in [6, 6.07) is 38.4. The number of hydrogen-bond acceptors (Lipinski definition) is 3. The van der Waals surface area contributed by atoms with Crippen molar-refractivity contribution in [2.24, 2.45) is 0 Å². The SMILES string of the molecule is N=C(CC(=N)c1ccnn1-c1cc(-c2ccccc2)cc(-c2ccccc2)c1)c1ccccc1. The summed E-state index contributed by atoms with van der Waals surface area (Å²) < 4.78 is 1.81. The lowest BCUT2D eigenvalue weighted by Crippen LogP contribution is -2.13. The van der Waals surface area contributed by atoms with Crippen LogP contribution >= 0.6 is 0 Å². The highest BCUT2D eigenvalue weighted by molar-refractivity contribution is 6.15. The summed E-state index contributed by atoms with van der Waals surface area (Å²) in [5.41, 5.74) is 7.59. The zero-order chi connectivity index (χ0) is 23.3. The molecule has 5 rings (SSSR count). The zero-order valence-corrected chi connectivity index (χ0v) is 18.6. The first-order valence-corrected chi connectivity index (χ1v) is 11.2. The molecule has 164 valence electrons. The average molecular weight is 441 g/mol. The first-order chi connectivity index (χ1) is 16.7. The van der Waals surface area contributed by atoms with E-state index in [-0.39, 0.29) is 6.42 Å². The van der Waals surface area contributed by atoms with E-state index >= 15 is 0 Å². The molecule has 4 nitrogen and oxygen atoms in total. The van der Waals surface area contributed by atoms with Crippen molar-refractivity contribution in [3.05, 3.63) is 133 Å². The number of aromatic nitrogens is 2. The van der Waals surface area contributed by atoms with Gasteiger partial charge in [-0.1, -0.05) is 91.0 Å². The Hall–Kier alpha value is -4.57. The minimum atomic E-state index is 0.236. The van der Waals surface area contributed by atoms with Gasteiger partial charge in [0.25, 0.3) is 0 Å². The van der Waals surface area contributed by atoms with E-state index in [0.29, 0.717) is 17.1 Å². The highest BCUT2D eigenvalue weighted by Crippen LogP contribution is 2.30. The van der Waals surface area contributed by atoms with Crippen LogP contribution in [0.1, 0.15) is 17.7 Å². The first-order valence-electron chi connectivity index (χ1n) is 11.2. The van der Waals surface area contributed by atoms with Gasteiger partial charge in [0.15, 0.2) is 0 Å². The molecule has 0 fully saturated rings. The van der Waals surface area contributed by atoms with Crippen LogP contribution in [-0.4, -0.2) is 21.2 Å². The van der Waals surface area contributed by atoms with E-state index in [0.717, 1.165) is 33.5 Å². The molecule has 1 aromatic heterocycles. The predicted molar refractivity (Wildman–Crippen MR) is 139 cm³/mol. The summed E-state index contributed by atoms with van der Waals surface area (Å²) in [7, 11) is 0. The van der Waals surface area contributed by atoms with Crippen molar-refractivity contribution in [2.75, 3.05) is 0 Å². The third kappa shape index (κ3) is 4.48. The summed E-state index contributed by atoms with van der Waals surface area (Å²) in [6.07, 6.45) is 1.95. The summed E-state index contributed by atoms with van der Waals surface area (Å²) >= 11 is 0. The van der Waals surface area contributed by atoms with E-state index in [4.69, 9.17) is 10.8 Å². The Balaban J connectivity index is 1.55. The molecular formula is C30H24N4. The highest BCUT2D eigenvalue weighted by atomic mass is 15.3.